The summed E-state index contributed by atoms with van der Waals surface area (Å²) in [5, 5.41) is 0. The summed E-state index contributed by atoms with van der Waals surface area (Å²) in [5.74, 6) is 0.448. The van der Waals surface area contributed by atoms with Gasteiger partial charge in [-0.1, -0.05) is 40.5 Å². The van der Waals surface area contributed by atoms with E-state index < -0.39 is 0 Å². The fourth-order valence-corrected chi connectivity index (χ4v) is 1.12. The van der Waals surface area contributed by atoms with Crippen molar-refractivity contribution in [2.24, 2.45) is 0 Å². The van der Waals surface area contributed by atoms with E-state index in [1.54, 1.807) is 0 Å². The van der Waals surface area contributed by atoms with Gasteiger partial charge in [0.05, 0.1) is 0 Å². The van der Waals surface area contributed by atoms with Gasteiger partial charge in [0, 0.05) is 13.2 Å². The molecule has 0 aliphatic heterocycles. The summed E-state index contributed by atoms with van der Waals surface area (Å²) in [6.45, 7) is 10.3. The maximum atomic E-state index is 5.67. The Bertz CT molecular complexity index is 108. The molecule has 0 N–H and O–H groups in total. The van der Waals surface area contributed by atoms with Crippen molar-refractivity contribution in [2.75, 3.05) is 13.2 Å². The van der Waals surface area contributed by atoms with Gasteiger partial charge in [0.2, 0.25) is 0 Å². The highest BCUT2D eigenvalue weighted by atomic mass is 16.6. The van der Waals surface area contributed by atoms with Crippen LogP contribution >= 0.6 is 0 Å². The van der Waals surface area contributed by atoms with Crippen LogP contribution in [0.5, 0.6) is 0 Å². The lowest BCUT2D eigenvalue weighted by Crippen LogP contribution is -2.27. The van der Waals surface area contributed by atoms with E-state index in [0.717, 1.165) is 26.1 Å². The quantitative estimate of drug-likeness (QED) is 0.418. The van der Waals surface area contributed by atoms with Crippen LogP contribution in [0.3, 0.4) is 0 Å². The third-order valence-corrected chi connectivity index (χ3v) is 2.10. The Kier molecular flexibility index (Phi) is 9.53. The fourth-order valence-electron chi connectivity index (χ4n) is 1.12. The largest absolute Gasteiger partial charge is 0.459 e. The van der Waals surface area contributed by atoms with Crippen molar-refractivity contribution in [3.8, 4) is 0 Å². The van der Waals surface area contributed by atoms with Crippen LogP contribution in [0.15, 0.2) is 0 Å². The first-order valence-corrected chi connectivity index (χ1v) is 5.95. The van der Waals surface area contributed by atoms with Gasteiger partial charge in [-0.15, -0.1) is 0 Å². The van der Waals surface area contributed by atoms with E-state index >= 15 is 0 Å². The molecule has 0 unspecified atom stereocenters. The highest BCUT2D eigenvalue weighted by molar-refractivity contribution is 6.46. The highest BCUT2D eigenvalue weighted by Gasteiger charge is 2.21. The van der Waals surface area contributed by atoms with Crippen molar-refractivity contribution in [1.82, 2.24) is 0 Å². The highest BCUT2D eigenvalue weighted by Crippen LogP contribution is 2.11. The molecule has 0 aromatic rings. The lowest BCUT2D eigenvalue weighted by molar-refractivity contribution is 0.185. The predicted molar refractivity (Wildman–Crippen MR) is 62.6 cm³/mol. The molecule has 0 aliphatic rings. The second-order valence-corrected chi connectivity index (χ2v) is 4.06. The Morgan fingerprint density at radius 2 is 1.36 bits per heavy atom. The molecule has 0 saturated heterocycles. The average molecular weight is 200 g/mol. The normalized spacial score (nSPS) is 10.9. The monoisotopic (exact) mass is 200 g/mol. The second-order valence-electron chi connectivity index (χ2n) is 4.06. The molecule has 14 heavy (non-hydrogen) atoms. The number of unbranched alkanes of at least 4 members (excludes halogenated alkanes) is 2. The third kappa shape index (κ3) is 7.39. The smallest absolute Gasteiger partial charge is 0.411 e. The third-order valence-electron chi connectivity index (χ3n) is 2.10. The van der Waals surface area contributed by atoms with E-state index in [1.165, 1.54) is 12.8 Å². The van der Waals surface area contributed by atoms with Gasteiger partial charge >= 0.3 is 7.12 Å². The topological polar surface area (TPSA) is 18.5 Å². The molecule has 0 aromatic heterocycles. The van der Waals surface area contributed by atoms with E-state index in [9.17, 15) is 0 Å². The first-order valence-electron chi connectivity index (χ1n) is 5.95. The van der Waals surface area contributed by atoms with Crippen molar-refractivity contribution in [1.29, 1.82) is 0 Å². The van der Waals surface area contributed by atoms with E-state index in [4.69, 9.17) is 9.31 Å². The van der Waals surface area contributed by atoms with E-state index in [2.05, 4.69) is 27.7 Å². The minimum atomic E-state index is -0.00639. The molecular weight excluding hydrogens is 175 g/mol. The number of hydrogen-bond donors (Lipinski definition) is 0. The maximum absolute atomic E-state index is 5.67. The van der Waals surface area contributed by atoms with Gasteiger partial charge in [-0.05, 0) is 18.7 Å². The zero-order valence-corrected chi connectivity index (χ0v) is 10.2. The van der Waals surface area contributed by atoms with Crippen molar-refractivity contribution in [2.45, 2.75) is 59.2 Å². The molecule has 0 aliphatic carbocycles. The summed E-state index contributed by atoms with van der Waals surface area (Å²) in [5.41, 5.74) is 0. The van der Waals surface area contributed by atoms with Crippen molar-refractivity contribution in [3.63, 3.8) is 0 Å². The minimum absolute atomic E-state index is 0.00639. The Labute approximate surface area is 89.5 Å². The molecule has 0 rings (SSSR count). The molecule has 3 heteroatoms. The van der Waals surface area contributed by atoms with E-state index in [0.29, 0.717) is 5.82 Å². The molecule has 0 heterocycles. The summed E-state index contributed by atoms with van der Waals surface area (Å²) in [6, 6.07) is 0. The summed E-state index contributed by atoms with van der Waals surface area (Å²) in [7, 11) is -0.00639. The first-order chi connectivity index (χ1) is 6.72. The molecule has 0 amide bonds. The zero-order valence-electron chi connectivity index (χ0n) is 10.2. The molecule has 84 valence electrons. The molecular formula is C11H25BO2. The number of hydrogen-bond acceptors (Lipinski definition) is 2. The van der Waals surface area contributed by atoms with Gasteiger partial charge in [0.15, 0.2) is 0 Å². The van der Waals surface area contributed by atoms with Gasteiger partial charge in [-0.2, -0.15) is 0 Å². The summed E-state index contributed by atoms with van der Waals surface area (Å²) in [6.07, 6.45) is 4.61. The van der Waals surface area contributed by atoms with Crippen molar-refractivity contribution < 1.29 is 9.31 Å². The SMILES string of the molecule is CCCCOB(OCCCC)C(C)C. The number of rotatable bonds is 9. The van der Waals surface area contributed by atoms with Gasteiger partial charge in [-0.25, -0.2) is 0 Å². The van der Waals surface area contributed by atoms with Crippen LogP contribution in [0.1, 0.15) is 53.4 Å². The van der Waals surface area contributed by atoms with Crippen molar-refractivity contribution in [3.05, 3.63) is 0 Å². The van der Waals surface area contributed by atoms with Crippen LogP contribution in [0.2, 0.25) is 5.82 Å². The zero-order chi connectivity index (χ0) is 10.8. The Morgan fingerprint density at radius 1 is 0.929 bits per heavy atom. The molecule has 0 bridgehead atoms. The lowest BCUT2D eigenvalue weighted by atomic mass is 9.74. The molecule has 0 saturated carbocycles. The Hall–Kier alpha value is -0.0151. The van der Waals surface area contributed by atoms with Crippen LogP contribution in [0.4, 0.5) is 0 Å². The van der Waals surface area contributed by atoms with Crippen LogP contribution in [-0.2, 0) is 9.31 Å². The molecule has 0 radical (unpaired) electrons. The Morgan fingerprint density at radius 3 is 1.64 bits per heavy atom. The fraction of sp³-hybridized carbons (Fsp3) is 1.00. The summed E-state index contributed by atoms with van der Waals surface area (Å²) in [4.78, 5) is 0. The molecule has 0 spiro atoms. The first kappa shape index (κ1) is 14.0. The summed E-state index contributed by atoms with van der Waals surface area (Å²) >= 11 is 0. The Balaban J connectivity index is 3.55. The van der Waals surface area contributed by atoms with Crippen molar-refractivity contribution >= 4 is 7.12 Å². The summed E-state index contributed by atoms with van der Waals surface area (Å²) < 4.78 is 11.3. The lowest BCUT2D eigenvalue weighted by Gasteiger charge is -2.17. The van der Waals surface area contributed by atoms with Crippen LogP contribution < -0.4 is 0 Å². The minimum Gasteiger partial charge on any atom is -0.411 e. The standard InChI is InChI=1S/C11H25BO2/c1-5-7-9-13-12(11(3)4)14-10-8-6-2/h11H,5-10H2,1-4H3. The van der Waals surface area contributed by atoms with Gasteiger partial charge in [0.1, 0.15) is 0 Å². The average Bonchev–Trinajstić information content (AvgIpc) is 2.15. The van der Waals surface area contributed by atoms with Crippen LogP contribution in [0.25, 0.3) is 0 Å². The van der Waals surface area contributed by atoms with Gasteiger partial charge < -0.3 is 9.31 Å². The van der Waals surface area contributed by atoms with Gasteiger partial charge in [0.25, 0.3) is 0 Å². The van der Waals surface area contributed by atoms with Crippen LogP contribution in [0, 0.1) is 0 Å². The predicted octanol–water partition coefficient (Wildman–Crippen LogP) is 3.52. The second kappa shape index (κ2) is 9.54. The maximum Gasteiger partial charge on any atom is 0.459 e. The molecule has 0 aromatic carbocycles. The van der Waals surface area contributed by atoms with E-state index in [-0.39, 0.29) is 7.12 Å². The van der Waals surface area contributed by atoms with Gasteiger partial charge in [-0.3, -0.25) is 0 Å². The van der Waals surface area contributed by atoms with E-state index in [1.807, 2.05) is 0 Å². The molecule has 0 atom stereocenters. The molecule has 2 nitrogen and oxygen atoms in total. The van der Waals surface area contributed by atoms with Crippen LogP contribution in [-0.4, -0.2) is 20.3 Å². The molecule has 0 fully saturated rings.